The molecule has 5 nitrogen and oxygen atoms in total. The van der Waals surface area contributed by atoms with Crippen LogP contribution in [0.4, 0.5) is 0 Å². The highest BCUT2D eigenvalue weighted by molar-refractivity contribution is 8.00. The molecule has 0 spiro atoms. The number of nitriles is 1. The second-order valence-corrected chi connectivity index (χ2v) is 7.97. The van der Waals surface area contributed by atoms with E-state index in [0.717, 1.165) is 52.7 Å². The first-order valence-corrected chi connectivity index (χ1v) is 10.4. The van der Waals surface area contributed by atoms with Gasteiger partial charge in [0, 0.05) is 16.3 Å². The van der Waals surface area contributed by atoms with Crippen molar-refractivity contribution in [3.63, 3.8) is 0 Å². The van der Waals surface area contributed by atoms with Crippen molar-refractivity contribution >= 4 is 28.4 Å². The highest BCUT2D eigenvalue weighted by Crippen LogP contribution is 2.32. The van der Waals surface area contributed by atoms with Gasteiger partial charge in [0.05, 0.1) is 11.8 Å². The topological polar surface area (TPSA) is 78.7 Å². The number of hydrogen-bond acceptors (Lipinski definition) is 5. The minimum Gasteiger partial charge on any atom is -0.337 e. The minimum atomic E-state index is -0.692. The number of nitrogens with zero attached hydrogens (tertiary/aromatic N) is 3. The molecule has 0 atom stereocenters. The van der Waals surface area contributed by atoms with E-state index in [1.165, 1.54) is 11.8 Å². The number of nitrogens with one attached hydrogen (secondary N) is 1. The fourth-order valence-electron chi connectivity index (χ4n) is 3.68. The summed E-state index contributed by atoms with van der Waals surface area (Å²) in [5.41, 5.74) is 1.15. The Labute approximate surface area is 168 Å². The molecule has 1 aromatic heterocycles. The maximum absolute atomic E-state index is 12.4. The van der Waals surface area contributed by atoms with Gasteiger partial charge in [0.15, 0.2) is 0 Å². The monoisotopic (exact) mass is 388 g/mol. The highest BCUT2D eigenvalue weighted by Gasteiger charge is 2.35. The Kier molecular flexibility index (Phi) is 5.27. The highest BCUT2D eigenvalue weighted by atomic mass is 32.2. The predicted octanol–water partition coefficient (Wildman–Crippen LogP) is 4.34. The summed E-state index contributed by atoms with van der Waals surface area (Å²) in [6, 6.07) is 20.2. The number of amides is 1. The van der Waals surface area contributed by atoms with Crippen LogP contribution in [-0.4, -0.2) is 27.4 Å². The number of benzene rings is 2. The molecule has 0 aliphatic heterocycles. The second kappa shape index (κ2) is 7.99. The maximum atomic E-state index is 12.4. The van der Waals surface area contributed by atoms with Gasteiger partial charge in [0.1, 0.15) is 16.3 Å². The van der Waals surface area contributed by atoms with Crippen LogP contribution < -0.4 is 5.32 Å². The van der Waals surface area contributed by atoms with E-state index < -0.39 is 5.54 Å². The fraction of sp³-hybridized carbons (Fsp3) is 0.273. The third-order valence-electron chi connectivity index (χ3n) is 5.09. The first-order valence-electron chi connectivity index (χ1n) is 9.37. The number of carbonyl (C=O) groups excluding carboxylic acids is 1. The molecule has 0 unspecified atom stereocenters. The molecule has 1 saturated carbocycles. The van der Waals surface area contributed by atoms with Crippen LogP contribution >= 0.6 is 11.8 Å². The van der Waals surface area contributed by atoms with E-state index in [1.54, 1.807) is 0 Å². The maximum Gasteiger partial charge on any atom is 0.231 e. The summed E-state index contributed by atoms with van der Waals surface area (Å²) < 4.78 is 0. The van der Waals surface area contributed by atoms with E-state index in [9.17, 15) is 10.1 Å². The van der Waals surface area contributed by atoms with Gasteiger partial charge in [-0.3, -0.25) is 4.79 Å². The van der Waals surface area contributed by atoms with Crippen molar-refractivity contribution in [2.24, 2.45) is 0 Å². The Morgan fingerprint density at radius 1 is 1.04 bits per heavy atom. The largest absolute Gasteiger partial charge is 0.337 e. The van der Waals surface area contributed by atoms with Crippen LogP contribution in [0.3, 0.4) is 0 Å². The molecule has 4 rings (SSSR count). The van der Waals surface area contributed by atoms with Gasteiger partial charge in [-0.15, -0.1) is 10.2 Å². The molecular formula is C22H20N4OS. The van der Waals surface area contributed by atoms with Gasteiger partial charge in [-0.05, 0) is 25.7 Å². The number of thioether (sulfide) groups is 1. The van der Waals surface area contributed by atoms with Crippen LogP contribution in [0.5, 0.6) is 0 Å². The number of carbonyl (C=O) groups is 1. The number of fused-ring (bicyclic) bond motifs is 1. The SMILES string of the molecule is N#CC1(NC(=O)CSc2nnc(-c3ccccc3)c3ccccc23)CCCC1. The quantitative estimate of drug-likeness (QED) is 0.658. The first kappa shape index (κ1) is 18.5. The molecule has 6 heteroatoms. The lowest BCUT2D eigenvalue weighted by atomic mass is 10.0. The van der Waals surface area contributed by atoms with Crippen LogP contribution in [0.15, 0.2) is 59.6 Å². The molecule has 28 heavy (non-hydrogen) atoms. The van der Waals surface area contributed by atoms with E-state index in [1.807, 2.05) is 54.6 Å². The Morgan fingerprint density at radius 2 is 1.71 bits per heavy atom. The van der Waals surface area contributed by atoms with Crippen molar-refractivity contribution in [3.05, 3.63) is 54.6 Å². The van der Waals surface area contributed by atoms with Crippen LogP contribution in [0, 0.1) is 11.3 Å². The zero-order chi connectivity index (χ0) is 19.4. The summed E-state index contributed by atoms with van der Waals surface area (Å²) in [6.45, 7) is 0. The van der Waals surface area contributed by atoms with Gasteiger partial charge in [0.2, 0.25) is 5.91 Å². The van der Waals surface area contributed by atoms with Gasteiger partial charge in [-0.25, -0.2) is 0 Å². The van der Waals surface area contributed by atoms with Gasteiger partial charge >= 0.3 is 0 Å². The molecule has 0 radical (unpaired) electrons. The van der Waals surface area contributed by atoms with Gasteiger partial charge in [-0.1, -0.05) is 66.4 Å². The van der Waals surface area contributed by atoms with Crippen LogP contribution in [0.25, 0.3) is 22.0 Å². The van der Waals surface area contributed by atoms with Gasteiger partial charge < -0.3 is 5.32 Å². The molecule has 1 fully saturated rings. The number of rotatable bonds is 5. The normalized spacial score (nSPS) is 15.2. The zero-order valence-corrected chi connectivity index (χ0v) is 16.2. The zero-order valence-electron chi connectivity index (χ0n) is 15.4. The van der Waals surface area contributed by atoms with Crippen molar-refractivity contribution in [1.29, 1.82) is 5.26 Å². The molecule has 0 saturated heterocycles. The molecule has 140 valence electrons. The van der Waals surface area contributed by atoms with E-state index in [-0.39, 0.29) is 11.7 Å². The van der Waals surface area contributed by atoms with E-state index in [2.05, 4.69) is 21.6 Å². The summed E-state index contributed by atoms with van der Waals surface area (Å²) in [4.78, 5) is 12.4. The third-order valence-corrected chi connectivity index (χ3v) is 6.07. The standard InChI is InChI=1S/C22H20N4OS/c23-15-22(12-6-7-13-22)24-19(27)14-28-21-18-11-5-4-10-17(18)20(25-26-21)16-8-2-1-3-9-16/h1-5,8-11H,6-7,12-14H2,(H,24,27). The lowest BCUT2D eigenvalue weighted by molar-refractivity contribution is -0.119. The van der Waals surface area contributed by atoms with Gasteiger partial charge in [-0.2, -0.15) is 5.26 Å². The Balaban J connectivity index is 1.55. The Hall–Kier alpha value is -2.91. The molecule has 1 aliphatic rings. The predicted molar refractivity (Wildman–Crippen MR) is 111 cm³/mol. The van der Waals surface area contributed by atoms with Crippen molar-refractivity contribution in [1.82, 2.24) is 15.5 Å². The first-order chi connectivity index (χ1) is 13.7. The average Bonchev–Trinajstić information content (AvgIpc) is 3.21. The fourth-order valence-corrected chi connectivity index (χ4v) is 4.45. The molecule has 3 aromatic rings. The van der Waals surface area contributed by atoms with Crippen molar-refractivity contribution in [2.45, 2.75) is 36.2 Å². The smallest absolute Gasteiger partial charge is 0.231 e. The number of aromatic nitrogens is 2. The lowest BCUT2D eigenvalue weighted by Gasteiger charge is -2.21. The summed E-state index contributed by atoms with van der Waals surface area (Å²) in [6.07, 6.45) is 3.43. The van der Waals surface area contributed by atoms with Crippen LogP contribution in [0.2, 0.25) is 0 Å². The minimum absolute atomic E-state index is 0.133. The lowest BCUT2D eigenvalue weighted by Crippen LogP contribution is -2.45. The molecular weight excluding hydrogens is 368 g/mol. The molecule has 2 aromatic carbocycles. The summed E-state index contributed by atoms with van der Waals surface area (Å²) in [5.74, 6) is 0.0822. The summed E-state index contributed by atoms with van der Waals surface area (Å²) in [5, 5.41) is 23.9. The van der Waals surface area contributed by atoms with Crippen molar-refractivity contribution < 1.29 is 4.79 Å². The Morgan fingerprint density at radius 3 is 2.43 bits per heavy atom. The molecule has 1 heterocycles. The third kappa shape index (κ3) is 3.71. The molecule has 1 amide bonds. The molecule has 1 aliphatic carbocycles. The summed E-state index contributed by atoms with van der Waals surface area (Å²) >= 11 is 1.36. The van der Waals surface area contributed by atoms with Gasteiger partial charge in [0.25, 0.3) is 0 Å². The molecule has 1 N–H and O–H groups in total. The second-order valence-electron chi connectivity index (χ2n) is 7.00. The van der Waals surface area contributed by atoms with E-state index >= 15 is 0 Å². The number of hydrogen-bond donors (Lipinski definition) is 1. The van der Waals surface area contributed by atoms with Crippen molar-refractivity contribution in [2.75, 3.05) is 5.75 Å². The summed E-state index contributed by atoms with van der Waals surface area (Å²) in [7, 11) is 0. The molecule has 0 bridgehead atoms. The van der Waals surface area contributed by atoms with Crippen LogP contribution in [-0.2, 0) is 4.79 Å². The van der Waals surface area contributed by atoms with Crippen molar-refractivity contribution in [3.8, 4) is 17.3 Å². The van der Waals surface area contributed by atoms with E-state index in [4.69, 9.17) is 0 Å². The average molecular weight is 388 g/mol. The van der Waals surface area contributed by atoms with E-state index in [0.29, 0.717) is 0 Å². The van der Waals surface area contributed by atoms with Crippen LogP contribution in [0.1, 0.15) is 25.7 Å². The Bertz CT molecular complexity index is 1040.